The zero-order valence-corrected chi connectivity index (χ0v) is 9.87. The fourth-order valence-electron chi connectivity index (χ4n) is 2.39. The van der Waals surface area contributed by atoms with E-state index in [-0.39, 0.29) is 6.04 Å². The summed E-state index contributed by atoms with van der Waals surface area (Å²) in [5, 5.41) is 3.78. The molecular weight excluding hydrogens is 230 g/mol. The SMILES string of the molecule is [N-]=[N+]=NC1C=C(c2ccc3c(c2)OCO3)CCC1. The molecule has 2 aliphatic rings. The minimum Gasteiger partial charge on any atom is -0.454 e. The first-order valence-electron chi connectivity index (χ1n) is 6.02. The van der Waals surface area contributed by atoms with E-state index in [0.29, 0.717) is 6.79 Å². The van der Waals surface area contributed by atoms with E-state index in [1.807, 2.05) is 18.2 Å². The summed E-state index contributed by atoms with van der Waals surface area (Å²) < 4.78 is 10.7. The highest BCUT2D eigenvalue weighted by Gasteiger charge is 2.17. The van der Waals surface area contributed by atoms with Gasteiger partial charge in [0.15, 0.2) is 11.5 Å². The van der Waals surface area contributed by atoms with E-state index in [1.165, 1.54) is 5.57 Å². The van der Waals surface area contributed by atoms with Crippen LogP contribution in [0, 0.1) is 0 Å². The second-order valence-electron chi connectivity index (χ2n) is 4.42. The maximum atomic E-state index is 8.49. The minimum atomic E-state index is -0.0239. The van der Waals surface area contributed by atoms with Gasteiger partial charge < -0.3 is 9.47 Å². The topological polar surface area (TPSA) is 67.2 Å². The highest BCUT2D eigenvalue weighted by Crippen LogP contribution is 2.36. The number of ether oxygens (including phenoxy) is 2. The number of azide groups is 1. The van der Waals surface area contributed by atoms with Crippen molar-refractivity contribution < 1.29 is 9.47 Å². The van der Waals surface area contributed by atoms with E-state index in [0.717, 1.165) is 36.3 Å². The standard InChI is InChI=1S/C13H13N3O2/c14-16-15-11-3-1-2-9(6-11)10-4-5-12-13(7-10)18-8-17-12/h4-7,11H,1-3,8H2. The Morgan fingerprint density at radius 2 is 2.17 bits per heavy atom. The lowest BCUT2D eigenvalue weighted by Gasteiger charge is -2.17. The summed E-state index contributed by atoms with van der Waals surface area (Å²) in [6.07, 6.45) is 5.04. The van der Waals surface area contributed by atoms with E-state index in [2.05, 4.69) is 16.1 Å². The fourth-order valence-corrected chi connectivity index (χ4v) is 2.39. The summed E-state index contributed by atoms with van der Waals surface area (Å²) in [5.74, 6) is 1.58. The predicted octanol–water partition coefficient (Wildman–Crippen LogP) is 3.66. The Morgan fingerprint density at radius 3 is 3.06 bits per heavy atom. The van der Waals surface area contributed by atoms with Gasteiger partial charge in [-0.25, -0.2) is 0 Å². The molecule has 1 aromatic carbocycles. The first-order chi connectivity index (χ1) is 8.86. The molecule has 1 aromatic rings. The van der Waals surface area contributed by atoms with Crippen LogP contribution in [0.2, 0.25) is 0 Å². The van der Waals surface area contributed by atoms with Crippen LogP contribution in [0.4, 0.5) is 0 Å². The van der Waals surface area contributed by atoms with E-state index < -0.39 is 0 Å². The van der Waals surface area contributed by atoms with Crippen molar-refractivity contribution >= 4 is 5.57 Å². The molecule has 1 aliphatic heterocycles. The maximum Gasteiger partial charge on any atom is 0.231 e. The van der Waals surface area contributed by atoms with Crippen LogP contribution in [-0.2, 0) is 0 Å². The molecule has 18 heavy (non-hydrogen) atoms. The Balaban J connectivity index is 1.92. The third-order valence-corrected chi connectivity index (χ3v) is 3.28. The molecule has 0 saturated heterocycles. The lowest BCUT2D eigenvalue weighted by molar-refractivity contribution is 0.174. The predicted molar refractivity (Wildman–Crippen MR) is 67.3 cm³/mol. The molecule has 0 spiro atoms. The largest absolute Gasteiger partial charge is 0.454 e. The van der Waals surface area contributed by atoms with Crippen molar-refractivity contribution in [2.75, 3.05) is 6.79 Å². The van der Waals surface area contributed by atoms with Crippen molar-refractivity contribution in [1.29, 1.82) is 0 Å². The molecule has 0 aromatic heterocycles. The minimum absolute atomic E-state index is 0.0239. The summed E-state index contributed by atoms with van der Waals surface area (Å²) in [6, 6.07) is 5.92. The molecule has 1 unspecified atom stereocenters. The van der Waals surface area contributed by atoms with Gasteiger partial charge in [-0.3, -0.25) is 0 Å². The molecule has 1 atom stereocenters. The van der Waals surface area contributed by atoms with Gasteiger partial charge in [-0.15, -0.1) is 0 Å². The van der Waals surface area contributed by atoms with Crippen molar-refractivity contribution in [2.24, 2.45) is 5.11 Å². The number of benzene rings is 1. The first-order valence-corrected chi connectivity index (χ1v) is 6.02. The molecule has 0 saturated carbocycles. The van der Waals surface area contributed by atoms with Gasteiger partial charge in [0.05, 0.1) is 6.04 Å². The van der Waals surface area contributed by atoms with E-state index in [9.17, 15) is 0 Å². The van der Waals surface area contributed by atoms with E-state index in [4.69, 9.17) is 15.0 Å². The van der Waals surface area contributed by atoms with Gasteiger partial charge in [0, 0.05) is 4.91 Å². The Bertz CT molecular complexity index is 547. The van der Waals surface area contributed by atoms with Crippen molar-refractivity contribution in [3.05, 3.63) is 40.3 Å². The lowest BCUT2D eigenvalue weighted by Crippen LogP contribution is -2.06. The average molecular weight is 243 g/mol. The Hall–Kier alpha value is -2.13. The van der Waals surface area contributed by atoms with Crippen LogP contribution >= 0.6 is 0 Å². The molecule has 0 N–H and O–H groups in total. The summed E-state index contributed by atoms with van der Waals surface area (Å²) in [6.45, 7) is 0.291. The molecule has 0 amide bonds. The average Bonchev–Trinajstić information content (AvgIpc) is 2.86. The molecule has 1 aliphatic carbocycles. The smallest absolute Gasteiger partial charge is 0.231 e. The molecule has 0 radical (unpaired) electrons. The van der Waals surface area contributed by atoms with Gasteiger partial charge in [-0.05, 0) is 48.1 Å². The molecule has 5 heteroatoms. The number of hydrogen-bond acceptors (Lipinski definition) is 3. The van der Waals surface area contributed by atoms with Gasteiger partial charge in [0.1, 0.15) is 0 Å². The molecule has 92 valence electrons. The molecular formula is C13H13N3O2. The van der Waals surface area contributed by atoms with Crippen LogP contribution in [0.1, 0.15) is 24.8 Å². The van der Waals surface area contributed by atoms with Crippen LogP contribution in [0.5, 0.6) is 11.5 Å². The van der Waals surface area contributed by atoms with Gasteiger partial charge in [-0.2, -0.15) is 0 Å². The molecule has 3 rings (SSSR count). The van der Waals surface area contributed by atoms with Crippen LogP contribution in [0.15, 0.2) is 29.4 Å². The van der Waals surface area contributed by atoms with Crippen LogP contribution in [0.3, 0.4) is 0 Å². The third kappa shape index (κ3) is 2.00. The number of allylic oxidation sites excluding steroid dienone is 1. The lowest BCUT2D eigenvalue weighted by atomic mass is 9.91. The van der Waals surface area contributed by atoms with Crippen molar-refractivity contribution in [3.63, 3.8) is 0 Å². The van der Waals surface area contributed by atoms with Crippen molar-refractivity contribution in [1.82, 2.24) is 0 Å². The van der Waals surface area contributed by atoms with Crippen LogP contribution in [0.25, 0.3) is 16.0 Å². The third-order valence-electron chi connectivity index (χ3n) is 3.28. The second kappa shape index (κ2) is 4.63. The normalized spacial score (nSPS) is 21.1. The van der Waals surface area contributed by atoms with Crippen molar-refractivity contribution in [3.8, 4) is 11.5 Å². The van der Waals surface area contributed by atoms with Gasteiger partial charge in [0.2, 0.25) is 6.79 Å². The zero-order chi connectivity index (χ0) is 12.4. The van der Waals surface area contributed by atoms with Gasteiger partial charge in [-0.1, -0.05) is 17.3 Å². The Labute approximate surface area is 105 Å². The quantitative estimate of drug-likeness (QED) is 0.452. The van der Waals surface area contributed by atoms with Crippen LogP contribution in [-0.4, -0.2) is 12.8 Å². The first kappa shape index (κ1) is 11.0. The maximum absolute atomic E-state index is 8.49. The second-order valence-corrected chi connectivity index (χ2v) is 4.42. The Kier molecular flexibility index (Phi) is 2.82. The van der Waals surface area contributed by atoms with Gasteiger partial charge in [0.25, 0.3) is 0 Å². The summed E-state index contributed by atoms with van der Waals surface area (Å²) in [5.41, 5.74) is 10.8. The monoisotopic (exact) mass is 243 g/mol. The number of fused-ring (bicyclic) bond motifs is 1. The van der Waals surface area contributed by atoms with Crippen LogP contribution < -0.4 is 9.47 Å². The fraction of sp³-hybridized carbons (Fsp3) is 0.385. The molecule has 5 nitrogen and oxygen atoms in total. The summed E-state index contributed by atoms with van der Waals surface area (Å²) in [4.78, 5) is 2.88. The summed E-state index contributed by atoms with van der Waals surface area (Å²) in [7, 11) is 0. The zero-order valence-electron chi connectivity index (χ0n) is 9.87. The highest BCUT2D eigenvalue weighted by atomic mass is 16.7. The van der Waals surface area contributed by atoms with Crippen molar-refractivity contribution in [2.45, 2.75) is 25.3 Å². The number of nitrogens with zero attached hydrogens (tertiary/aromatic N) is 3. The number of hydrogen-bond donors (Lipinski definition) is 0. The number of rotatable bonds is 2. The summed E-state index contributed by atoms with van der Waals surface area (Å²) >= 11 is 0. The van der Waals surface area contributed by atoms with E-state index >= 15 is 0 Å². The van der Waals surface area contributed by atoms with Gasteiger partial charge >= 0.3 is 0 Å². The molecule has 0 fully saturated rings. The molecule has 1 heterocycles. The Morgan fingerprint density at radius 1 is 1.28 bits per heavy atom. The highest BCUT2D eigenvalue weighted by molar-refractivity contribution is 5.69. The van der Waals surface area contributed by atoms with E-state index in [1.54, 1.807) is 0 Å². The molecule has 0 bridgehead atoms.